The summed E-state index contributed by atoms with van der Waals surface area (Å²) in [5.41, 5.74) is 0.547. The molecule has 4 heteroatoms. The molecule has 0 fully saturated rings. The zero-order valence-corrected chi connectivity index (χ0v) is 6.02. The standard InChI is InChI=1S/C6H10N2O2/c1-3-10-5-4(2)7-8-6(5)9/h3H2,1-2H3,(H2,7,8,9). The van der Waals surface area contributed by atoms with Gasteiger partial charge in [-0.05, 0) is 13.8 Å². The Labute approximate surface area is 58.2 Å². The van der Waals surface area contributed by atoms with E-state index in [9.17, 15) is 4.79 Å². The molecule has 1 aromatic rings. The van der Waals surface area contributed by atoms with Gasteiger partial charge >= 0.3 is 5.56 Å². The van der Waals surface area contributed by atoms with Gasteiger partial charge in [-0.15, -0.1) is 0 Å². The summed E-state index contributed by atoms with van der Waals surface area (Å²) in [7, 11) is 0. The summed E-state index contributed by atoms with van der Waals surface area (Å²) in [6.45, 7) is 4.14. The molecule has 0 aliphatic heterocycles. The second kappa shape index (κ2) is 2.60. The molecule has 0 bridgehead atoms. The zero-order valence-electron chi connectivity index (χ0n) is 6.02. The minimum absolute atomic E-state index is 0.195. The van der Waals surface area contributed by atoms with Gasteiger partial charge in [-0.2, -0.15) is 0 Å². The van der Waals surface area contributed by atoms with Crippen molar-refractivity contribution in [3.8, 4) is 5.75 Å². The fourth-order valence-corrected chi connectivity index (χ4v) is 0.752. The van der Waals surface area contributed by atoms with E-state index in [0.717, 1.165) is 5.69 Å². The van der Waals surface area contributed by atoms with Crippen LogP contribution in [-0.2, 0) is 0 Å². The summed E-state index contributed by atoms with van der Waals surface area (Å²) in [5.74, 6) is 0.391. The third-order valence-corrected chi connectivity index (χ3v) is 1.20. The van der Waals surface area contributed by atoms with Gasteiger partial charge in [0.2, 0.25) is 5.75 Å². The Balaban J connectivity index is 2.99. The summed E-state index contributed by atoms with van der Waals surface area (Å²) in [6.07, 6.45) is 0. The first-order chi connectivity index (χ1) is 4.75. The average Bonchev–Trinajstić information content (AvgIpc) is 2.20. The van der Waals surface area contributed by atoms with Crippen molar-refractivity contribution in [3.63, 3.8) is 0 Å². The Kier molecular flexibility index (Phi) is 1.80. The van der Waals surface area contributed by atoms with E-state index in [1.54, 1.807) is 6.92 Å². The molecule has 2 N–H and O–H groups in total. The van der Waals surface area contributed by atoms with Crippen LogP contribution in [0, 0.1) is 6.92 Å². The number of nitrogens with one attached hydrogen (secondary N) is 2. The summed E-state index contributed by atoms with van der Waals surface area (Å²) < 4.78 is 5.03. The molecule has 0 saturated carbocycles. The number of hydrogen-bond donors (Lipinski definition) is 2. The molecular weight excluding hydrogens is 132 g/mol. The van der Waals surface area contributed by atoms with E-state index < -0.39 is 0 Å². The summed E-state index contributed by atoms with van der Waals surface area (Å²) >= 11 is 0. The van der Waals surface area contributed by atoms with Crippen molar-refractivity contribution in [1.29, 1.82) is 0 Å². The van der Waals surface area contributed by atoms with E-state index in [4.69, 9.17) is 4.74 Å². The molecule has 1 rings (SSSR count). The van der Waals surface area contributed by atoms with Crippen molar-refractivity contribution in [3.05, 3.63) is 16.0 Å². The van der Waals surface area contributed by atoms with Crippen LogP contribution in [0.5, 0.6) is 5.75 Å². The van der Waals surface area contributed by atoms with Crippen LogP contribution in [0.1, 0.15) is 12.6 Å². The fraction of sp³-hybridized carbons (Fsp3) is 0.500. The van der Waals surface area contributed by atoms with Gasteiger partial charge in [-0.1, -0.05) is 0 Å². The van der Waals surface area contributed by atoms with Crippen molar-refractivity contribution in [1.82, 2.24) is 10.2 Å². The van der Waals surface area contributed by atoms with Crippen LogP contribution in [0.3, 0.4) is 0 Å². The molecule has 4 nitrogen and oxygen atoms in total. The smallest absolute Gasteiger partial charge is 0.306 e. The lowest BCUT2D eigenvalue weighted by molar-refractivity contribution is 0.335. The van der Waals surface area contributed by atoms with Crippen LogP contribution in [0.25, 0.3) is 0 Å². The van der Waals surface area contributed by atoms with Crippen LogP contribution in [0.2, 0.25) is 0 Å². The molecule has 56 valence electrons. The third-order valence-electron chi connectivity index (χ3n) is 1.20. The monoisotopic (exact) mass is 142 g/mol. The Morgan fingerprint density at radius 1 is 1.50 bits per heavy atom. The molecule has 0 spiro atoms. The normalized spacial score (nSPS) is 9.80. The highest BCUT2D eigenvalue weighted by atomic mass is 16.5. The first-order valence-electron chi connectivity index (χ1n) is 3.15. The number of H-pyrrole nitrogens is 2. The van der Waals surface area contributed by atoms with Crippen molar-refractivity contribution in [2.24, 2.45) is 0 Å². The Bertz CT molecular complexity index is 261. The van der Waals surface area contributed by atoms with E-state index >= 15 is 0 Å². The highest BCUT2D eigenvalue weighted by Gasteiger charge is 2.04. The predicted octanol–water partition coefficient (Wildman–Crippen LogP) is 0.410. The Morgan fingerprint density at radius 2 is 2.20 bits per heavy atom. The maximum atomic E-state index is 10.8. The highest BCUT2D eigenvalue weighted by molar-refractivity contribution is 5.21. The van der Waals surface area contributed by atoms with E-state index in [-0.39, 0.29) is 5.56 Å². The molecule has 1 aromatic heterocycles. The molecule has 0 aliphatic carbocycles. The van der Waals surface area contributed by atoms with Gasteiger partial charge in [0, 0.05) is 0 Å². The minimum atomic E-state index is -0.195. The first kappa shape index (κ1) is 6.92. The largest absolute Gasteiger partial charge is 0.487 e. The van der Waals surface area contributed by atoms with Crippen LogP contribution >= 0.6 is 0 Å². The number of aryl methyl sites for hydroxylation is 1. The van der Waals surface area contributed by atoms with Gasteiger partial charge in [-0.3, -0.25) is 15.0 Å². The zero-order chi connectivity index (χ0) is 7.56. The molecule has 0 radical (unpaired) electrons. The molecule has 0 atom stereocenters. The topological polar surface area (TPSA) is 57.9 Å². The molecule has 0 amide bonds. The van der Waals surface area contributed by atoms with E-state index in [1.165, 1.54) is 0 Å². The quantitative estimate of drug-likeness (QED) is 0.628. The SMILES string of the molecule is CCOc1c(C)[nH][nH]c1=O. The fourth-order valence-electron chi connectivity index (χ4n) is 0.752. The van der Waals surface area contributed by atoms with E-state index in [0.29, 0.717) is 12.4 Å². The number of hydrogen-bond acceptors (Lipinski definition) is 2. The molecule has 1 heterocycles. The lowest BCUT2D eigenvalue weighted by Gasteiger charge is -1.96. The van der Waals surface area contributed by atoms with Gasteiger partial charge in [-0.25, -0.2) is 0 Å². The van der Waals surface area contributed by atoms with Crippen LogP contribution in [0.15, 0.2) is 4.79 Å². The highest BCUT2D eigenvalue weighted by Crippen LogP contribution is 2.05. The number of ether oxygens (including phenoxy) is 1. The predicted molar refractivity (Wildman–Crippen MR) is 37.3 cm³/mol. The van der Waals surface area contributed by atoms with Crippen molar-refractivity contribution < 1.29 is 4.74 Å². The Hall–Kier alpha value is -1.19. The maximum absolute atomic E-state index is 10.8. The van der Waals surface area contributed by atoms with Gasteiger partial charge in [0.15, 0.2) is 0 Å². The maximum Gasteiger partial charge on any atom is 0.306 e. The van der Waals surface area contributed by atoms with Crippen molar-refractivity contribution in [2.45, 2.75) is 13.8 Å². The molecule has 0 unspecified atom stereocenters. The first-order valence-corrected chi connectivity index (χ1v) is 3.15. The third kappa shape index (κ3) is 1.05. The lowest BCUT2D eigenvalue weighted by atomic mass is 10.4. The number of aromatic nitrogens is 2. The number of aromatic amines is 2. The number of rotatable bonds is 2. The van der Waals surface area contributed by atoms with Crippen LogP contribution in [-0.4, -0.2) is 16.8 Å². The van der Waals surface area contributed by atoms with Crippen LogP contribution < -0.4 is 10.3 Å². The van der Waals surface area contributed by atoms with Crippen molar-refractivity contribution in [2.75, 3.05) is 6.61 Å². The molecule has 0 aromatic carbocycles. The minimum Gasteiger partial charge on any atom is -0.487 e. The van der Waals surface area contributed by atoms with Gasteiger partial charge in [0.1, 0.15) is 0 Å². The van der Waals surface area contributed by atoms with Crippen molar-refractivity contribution >= 4 is 0 Å². The van der Waals surface area contributed by atoms with Gasteiger partial charge < -0.3 is 4.74 Å². The second-order valence-corrected chi connectivity index (χ2v) is 1.97. The summed E-state index contributed by atoms with van der Waals surface area (Å²) in [6, 6.07) is 0. The average molecular weight is 142 g/mol. The van der Waals surface area contributed by atoms with Crippen LogP contribution in [0.4, 0.5) is 0 Å². The van der Waals surface area contributed by atoms with Gasteiger partial charge in [0.25, 0.3) is 0 Å². The summed E-state index contributed by atoms with van der Waals surface area (Å²) in [5, 5.41) is 5.08. The molecule has 0 saturated heterocycles. The molecule has 0 aliphatic rings. The molecular formula is C6H10N2O2. The molecule has 10 heavy (non-hydrogen) atoms. The van der Waals surface area contributed by atoms with Gasteiger partial charge in [0.05, 0.1) is 12.3 Å². The lowest BCUT2D eigenvalue weighted by Crippen LogP contribution is -2.05. The second-order valence-electron chi connectivity index (χ2n) is 1.97. The summed E-state index contributed by atoms with van der Waals surface area (Å²) in [4.78, 5) is 10.8. The van der Waals surface area contributed by atoms with E-state index in [2.05, 4.69) is 10.2 Å². The van der Waals surface area contributed by atoms with E-state index in [1.807, 2.05) is 6.92 Å². The Morgan fingerprint density at radius 3 is 2.60 bits per heavy atom.